The Bertz CT molecular complexity index is 678. The Labute approximate surface area is 152 Å². The molecule has 0 aromatic heterocycles. The summed E-state index contributed by atoms with van der Waals surface area (Å²) in [5.74, 6) is -2.70. The molecule has 3 rings (SSSR count). The van der Waals surface area contributed by atoms with Crippen molar-refractivity contribution in [2.45, 2.75) is 6.29 Å². The SMILES string of the molecule is Fc1cc(F)cc(C2OCCO2)c1.O=Cc1cc(F)cc(F)c1.OCCO. The largest absolute Gasteiger partial charge is 0.394 e. The molecular formula is C18H18F4O5. The number of carbonyl (C=O) groups excluding carboxylic acids is 1. The maximum absolute atomic E-state index is 12.7. The summed E-state index contributed by atoms with van der Waals surface area (Å²) in [5.41, 5.74) is 0.396. The predicted octanol–water partition coefficient (Wildman–Crippen LogP) is 2.76. The number of ether oxygens (including phenoxy) is 2. The Hall–Kier alpha value is -2.33. The van der Waals surface area contributed by atoms with Gasteiger partial charge >= 0.3 is 0 Å². The van der Waals surface area contributed by atoms with Crippen molar-refractivity contribution in [3.8, 4) is 0 Å². The fourth-order valence-corrected chi connectivity index (χ4v) is 1.91. The average molecular weight is 390 g/mol. The van der Waals surface area contributed by atoms with Crippen LogP contribution in [0.4, 0.5) is 17.6 Å². The van der Waals surface area contributed by atoms with Crippen molar-refractivity contribution in [3.63, 3.8) is 0 Å². The molecule has 0 unspecified atom stereocenters. The van der Waals surface area contributed by atoms with Crippen LogP contribution in [-0.4, -0.2) is 42.9 Å². The highest BCUT2D eigenvalue weighted by Gasteiger charge is 2.19. The van der Waals surface area contributed by atoms with Gasteiger partial charge in [0.25, 0.3) is 0 Å². The molecule has 1 aliphatic heterocycles. The maximum atomic E-state index is 12.7. The van der Waals surface area contributed by atoms with Crippen LogP contribution in [0, 0.1) is 23.3 Å². The van der Waals surface area contributed by atoms with E-state index in [-0.39, 0.29) is 18.8 Å². The number of benzene rings is 2. The second-order valence-electron chi connectivity index (χ2n) is 5.04. The number of rotatable bonds is 3. The lowest BCUT2D eigenvalue weighted by molar-refractivity contribution is -0.0445. The third-order valence-electron chi connectivity index (χ3n) is 2.90. The van der Waals surface area contributed by atoms with Crippen molar-refractivity contribution >= 4 is 6.29 Å². The van der Waals surface area contributed by atoms with Crippen LogP contribution in [-0.2, 0) is 9.47 Å². The Balaban J connectivity index is 0.000000232. The summed E-state index contributed by atoms with van der Waals surface area (Å²) in [7, 11) is 0. The van der Waals surface area contributed by atoms with Gasteiger partial charge in [-0.25, -0.2) is 17.6 Å². The molecule has 5 nitrogen and oxygen atoms in total. The number of aliphatic hydroxyl groups excluding tert-OH is 2. The third kappa shape index (κ3) is 8.74. The van der Waals surface area contributed by atoms with E-state index in [2.05, 4.69) is 0 Å². The zero-order chi connectivity index (χ0) is 20.2. The summed E-state index contributed by atoms with van der Waals surface area (Å²) in [5, 5.41) is 15.2. The fraction of sp³-hybridized carbons (Fsp3) is 0.278. The van der Waals surface area contributed by atoms with Crippen molar-refractivity contribution in [1.82, 2.24) is 0 Å². The summed E-state index contributed by atoms with van der Waals surface area (Å²) in [6.45, 7) is 0.672. The molecular weight excluding hydrogens is 372 g/mol. The molecule has 0 aliphatic carbocycles. The van der Waals surface area contributed by atoms with Gasteiger partial charge in [-0.3, -0.25) is 4.79 Å². The Morgan fingerprint density at radius 2 is 1.22 bits per heavy atom. The van der Waals surface area contributed by atoms with Crippen LogP contribution in [0.1, 0.15) is 22.2 Å². The van der Waals surface area contributed by atoms with Crippen LogP contribution in [0.3, 0.4) is 0 Å². The number of hydrogen-bond donors (Lipinski definition) is 2. The molecule has 1 saturated heterocycles. The van der Waals surface area contributed by atoms with Gasteiger partial charge in [0.15, 0.2) is 6.29 Å². The molecule has 1 fully saturated rings. The van der Waals surface area contributed by atoms with Crippen LogP contribution < -0.4 is 0 Å². The first-order valence-corrected chi connectivity index (χ1v) is 7.71. The van der Waals surface area contributed by atoms with Gasteiger partial charge in [-0.1, -0.05) is 0 Å². The van der Waals surface area contributed by atoms with Gasteiger partial charge in [0.05, 0.1) is 26.4 Å². The van der Waals surface area contributed by atoms with Crippen molar-refractivity contribution in [1.29, 1.82) is 0 Å². The fourth-order valence-electron chi connectivity index (χ4n) is 1.91. The van der Waals surface area contributed by atoms with E-state index in [9.17, 15) is 22.4 Å². The maximum Gasteiger partial charge on any atom is 0.184 e. The molecule has 0 atom stereocenters. The Kier molecular flexibility index (Phi) is 10.2. The van der Waals surface area contributed by atoms with Gasteiger partial charge in [0.2, 0.25) is 0 Å². The molecule has 0 spiro atoms. The summed E-state index contributed by atoms with van der Waals surface area (Å²) < 4.78 is 60.1. The summed E-state index contributed by atoms with van der Waals surface area (Å²) in [6, 6.07) is 5.88. The highest BCUT2D eigenvalue weighted by Crippen LogP contribution is 2.24. The Morgan fingerprint density at radius 1 is 0.815 bits per heavy atom. The van der Waals surface area contributed by atoms with Crippen molar-refractivity contribution < 1.29 is 42.0 Å². The van der Waals surface area contributed by atoms with Gasteiger partial charge in [0.1, 0.15) is 29.6 Å². The summed E-state index contributed by atoms with van der Waals surface area (Å²) >= 11 is 0. The standard InChI is InChI=1S/C9H8F2O2.C7H4F2O.C2H6O2/c10-7-3-6(4-8(11)5-7)9-12-1-2-13-9;8-6-1-5(4-10)2-7(9)3-6;3-1-2-4/h3-5,9H,1-2H2;1-4H;3-4H,1-2H2. The number of aldehydes is 1. The van der Waals surface area contributed by atoms with Gasteiger partial charge in [0, 0.05) is 23.3 Å². The van der Waals surface area contributed by atoms with E-state index in [0.717, 1.165) is 18.2 Å². The highest BCUT2D eigenvalue weighted by atomic mass is 19.1. The molecule has 2 aromatic carbocycles. The van der Waals surface area contributed by atoms with E-state index >= 15 is 0 Å². The van der Waals surface area contributed by atoms with Gasteiger partial charge in [-0.2, -0.15) is 0 Å². The molecule has 2 N–H and O–H groups in total. The van der Waals surface area contributed by atoms with Crippen LogP contribution in [0.2, 0.25) is 0 Å². The first kappa shape index (κ1) is 22.7. The zero-order valence-corrected chi connectivity index (χ0v) is 14.1. The smallest absolute Gasteiger partial charge is 0.184 e. The lowest BCUT2D eigenvalue weighted by atomic mass is 10.2. The molecule has 1 aliphatic rings. The average Bonchev–Trinajstić information content (AvgIpc) is 3.15. The predicted molar refractivity (Wildman–Crippen MR) is 86.9 cm³/mol. The first-order chi connectivity index (χ1) is 12.9. The minimum atomic E-state index is -0.734. The zero-order valence-electron chi connectivity index (χ0n) is 14.1. The van der Waals surface area contributed by atoms with Crippen LogP contribution in [0.15, 0.2) is 36.4 Å². The first-order valence-electron chi connectivity index (χ1n) is 7.71. The minimum absolute atomic E-state index is 0.0116. The number of aliphatic hydroxyl groups is 2. The Morgan fingerprint density at radius 3 is 1.59 bits per heavy atom. The molecule has 148 valence electrons. The van der Waals surface area contributed by atoms with Gasteiger partial charge in [-0.15, -0.1) is 0 Å². The molecule has 0 saturated carbocycles. The van der Waals surface area contributed by atoms with Crippen molar-refractivity contribution in [2.24, 2.45) is 0 Å². The molecule has 9 heteroatoms. The number of carbonyl (C=O) groups is 1. The van der Waals surface area contributed by atoms with Gasteiger partial charge < -0.3 is 19.7 Å². The second kappa shape index (κ2) is 12.1. The molecule has 1 heterocycles. The summed E-state index contributed by atoms with van der Waals surface area (Å²) in [4.78, 5) is 9.98. The number of halogens is 4. The molecule has 2 aromatic rings. The lowest BCUT2D eigenvalue weighted by Gasteiger charge is -2.08. The second-order valence-corrected chi connectivity index (χ2v) is 5.04. The van der Waals surface area contributed by atoms with Crippen LogP contribution in [0.25, 0.3) is 0 Å². The number of hydrogen-bond acceptors (Lipinski definition) is 5. The van der Waals surface area contributed by atoms with Crippen molar-refractivity contribution in [3.05, 3.63) is 70.8 Å². The summed E-state index contributed by atoms with van der Waals surface area (Å²) in [6.07, 6.45) is -0.225. The van der Waals surface area contributed by atoms with Gasteiger partial charge in [-0.05, 0) is 24.3 Å². The monoisotopic (exact) mass is 390 g/mol. The lowest BCUT2D eigenvalue weighted by Crippen LogP contribution is -1.99. The van der Waals surface area contributed by atoms with E-state index < -0.39 is 29.6 Å². The van der Waals surface area contributed by atoms with Crippen LogP contribution in [0.5, 0.6) is 0 Å². The van der Waals surface area contributed by atoms with E-state index in [1.807, 2.05) is 0 Å². The quantitative estimate of drug-likeness (QED) is 0.623. The van der Waals surface area contributed by atoms with E-state index in [1.54, 1.807) is 0 Å². The third-order valence-corrected chi connectivity index (χ3v) is 2.90. The van der Waals surface area contributed by atoms with E-state index in [1.165, 1.54) is 12.1 Å². The van der Waals surface area contributed by atoms with Crippen LogP contribution >= 0.6 is 0 Å². The molecule has 0 radical (unpaired) electrons. The molecule has 0 bridgehead atoms. The van der Waals surface area contributed by atoms with Crippen molar-refractivity contribution in [2.75, 3.05) is 26.4 Å². The topological polar surface area (TPSA) is 76.0 Å². The highest BCUT2D eigenvalue weighted by molar-refractivity contribution is 5.74. The minimum Gasteiger partial charge on any atom is -0.394 e. The van der Waals surface area contributed by atoms with E-state index in [4.69, 9.17) is 19.7 Å². The molecule has 0 amide bonds. The molecule has 27 heavy (non-hydrogen) atoms. The van der Waals surface area contributed by atoms with E-state index in [0.29, 0.717) is 31.1 Å². The normalized spacial score (nSPS) is 13.3.